The third kappa shape index (κ3) is 8.80. The molecule has 4 heterocycles. The first-order valence-corrected chi connectivity index (χ1v) is 22.2. The summed E-state index contributed by atoms with van der Waals surface area (Å²) in [5.41, 5.74) is 4.56. The van der Waals surface area contributed by atoms with Crippen molar-refractivity contribution in [3.8, 4) is 51.7 Å². The molecule has 0 aliphatic carbocycles. The van der Waals surface area contributed by atoms with Gasteiger partial charge in [0.1, 0.15) is 35.6 Å². The Bertz CT molecular complexity index is 2440. The van der Waals surface area contributed by atoms with Crippen molar-refractivity contribution in [2.45, 2.75) is 94.8 Å². The van der Waals surface area contributed by atoms with Crippen LogP contribution in [0.2, 0.25) is 0 Å². The Morgan fingerprint density at radius 3 is 1.87 bits per heavy atom. The van der Waals surface area contributed by atoms with Gasteiger partial charge < -0.3 is 38.6 Å². The van der Waals surface area contributed by atoms with Crippen LogP contribution in [-0.2, 0) is 35.3 Å². The van der Waals surface area contributed by atoms with Crippen LogP contribution in [0.3, 0.4) is 0 Å². The molecule has 0 saturated carbocycles. The molecular weight excluding hydrogens is 837 g/mol. The zero-order valence-corrected chi connectivity index (χ0v) is 36.6. The van der Waals surface area contributed by atoms with Crippen LogP contribution in [0.5, 0.6) is 51.7 Å². The first-order chi connectivity index (χ1) is 29.7. The van der Waals surface area contributed by atoms with E-state index in [1.54, 1.807) is 13.8 Å². The Labute approximate surface area is 367 Å². The van der Waals surface area contributed by atoms with Crippen LogP contribution in [0.4, 0.5) is 9.59 Å². The topological polar surface area (TPSA) is 188 Å². The molecule has 4 atom stereocenters. The molecule has 4 unspecified atom stereocenters. The molecule has 0 radical (unpaired) electrons. The first kappa shape index (κ1) is 42.9. The van der Waals surface area contributed by atoms with Crippen molar-refractivity contribution in [2.75, 3.05) is 20.3 Å². The molecule has 62 heavy (non-hydrogen) atoms. The first-order valence-electron chi connectivity index (χ1n) is 20.5. The second-order valence-corrected chi connectivity index (χ2v) is 18.5. The van der Waals surface area contributed by atoms with E-state index in [0.717, 1.165) is 45.8 Å². The second-order valence-electron chi connectivity index (χ2n) is 16.2. The van der Waals surface area contributed by atoms with Crippen LogP contribution in [0, 0.1) is 20.8 Å². The van der Waals surface area contributed by atoms with E-state index in [1.165, 1.54) is 7.11 Å². The number of rotatable bonds is 14. The molecule has 326 valence electrons. The van der Waals surface area contributed by atoms with Crippen molar-refractivity contribution in [3.05, 3.63) is 87.5 Å². The minimum absolute atomic E-state index is 0.0237. The molecule has 2 saturated heterocycles. The van der Waals surface area contributed by atoms with Gasteiger partial charge in [-0.05, 0) is 107 Å². The highest BCUT2D eigenvalue weighted by Crippen LogP contribution is 2.56. The number of amides is 4. The molecule has 0 bridgehead atoms. The molecule has 8 rings (SSSR count). The summed E-state index contributed by atoms with van der Waals surface area (Å²) in [4.78, 5) is 47.1. The van der Waals surface area contributed by atoms with Crippen LogP contribution >= 0.6 is 23.5 Å². The van der Waals surface area contributed by atoms with E-state index >= 15 is 0 Å². The smallest absolute Gasteiger partial charge is 0.286 e. The molecule has 4 N–H and O–H groups in total. The van der Waals surface area contributed by atoms with Crippen molar-refractivity contribution >= 4 is 45.8 Å². The number of imide groups is 2. The highest BCUT2D eigenvalue weighted by atomic mass is 32.2. The number of nitrogens with one attached hydrogen (secondary N) is 2. The lowest BCUT2D eigenvalue weighted by atomic mass is 9.87. The zero-order valence-electron chi connectivity index (χ0n) is 35.0. The number of benzene rings is 4. The average Bonchev–Trinajstić information content (AvgIpc) is 3.75. The van der Waals surface area contributed by atoms with Crippen molar-refractivity contribution in [1.29, 1.82) is 0 Å². The van der Waals surface area contributed by atoms with E-state index in [4.69, 9.17) is 28.4 Å². The third-order valence-corrected chi connectivity index (χ3v) is 13.9. The van der Waals surface area contributed by atoms with Gasteiger partial charge in [0, 0.05) is 28.7 Å². The molecule has 0 spiro atoms. The molecule has 4 amide bonds. The Balaban J connectivity index is 0.938. The minimum Gasteiger partial charge on any atom is -0.504 e. The number of carbonyl (C=O) groups is 4. The maximum Gasteiger partial charge on any atom is 0.286 e. The fraction of sp³-hybridized carbons (Fsp3) is 0.391. The van der Waals surface area contributed by atoms with Gasteiger partial charge >= 0.3 is 0 Å². The van der Waals surface area contributed by atoms with E-state index in [9.17, 15) is 29.4 Å². The predicted molar refractivity (Wildman–Crippen MR) is 233 cm³/mol. The molecule has 14 nitrogen and oxygen atoms in total. The summed E-state index contributed by atoms with van der Waals surface area (Å²) in [5, 5.41) is 26.3. The van der Waals surface area contributed by atoms with Crippen LogP contribution in [0.15, 0.2) is 48.5 Å². The summed E-state index contributed by atoms with van der Waals surface area (Å²) < 4.78 is 37.9. The Morgan fingerprint density at radius 2 is 1.31 bits per heavy atom. The van der Waals surface area contributed by atoms with Crippen LogP contribution in [0.1, 0.15) is 65.1 Å². The van der Waals surface area contributed by atoms with E-state index < -0.39 is 16.1 Å². The lowest BCUT2D eigenvalue weighted by Crippen LogP contribution is -2.38. The average molecular weight is 885 g/mol. The van der Waals surface area contributed by atoms with Gasteiger partial charge in [-0.25, -0.2) is 0 Å². The largest absolute Gasteiger partial charge is 0.504 e. The summed E-state index contributed by atoms with van der Waals surface area (Å²) in [6, 6.07) is 14.9. The fourth-order valence-electron chi connectivity index (χ4n) is 8.12. The van der Waals surface area contributed by atoms with Gasteiger partial charge in [-0.3, -0.25) is 29.8 Å². The fourth-order valence-corrected chi connectivity index (χ4v) is 9.84. The maximum absolute atomic E-state index is 12.0. The number of hydrogen-bond acceptors (Lipinski definition) is 14. The van der Waals surface area contributed by atoms with E-state index in [0.29, 0.717) is 91.2 Å². The van der Waals surface area contributed by atoms with Gasteiger partial charge in [-0.1, -0.05) is 47.8 Å². The lowest BCUT2D eigenvalue weighted by Gasteiger charge is -2.37. The number of aromatic hydroxyl groups is 2. The molecule has 4 aliphatic rings. The standard InChI is InChI=1S/C46H48N2O12S2/c1-23-24(2)37-32(15-14-30(58-37)22-57-29-12-8-27(9-13-29)21-34-43(52)48-45(54)62-34)38(35(23)49)59-40-36(50)25(3)31-16-17-46(4,60-39(31)41(40)55-5)18-19-56-28-10-6-26(7-11-28)20-33-42(51)47-44(53)61-33/h6-13,30,33-34,49-50H,14-22H2,1-5H3,(H,47,51,53)(H,48,52,54). The number of methoxy groups -OCH3 is 1. The predicted octanol–water partition coefficient (Wildman–Crippen LogP) is 7.94. The molecule has 2 fully saturated rings. The van der Waals surface area contributed by atoms with Gasteiger partial charge in [0.15, 0.2) is 23.0 Å². The Morgan fingerprint density at radius 1 is 0.726 bits per heavy atom. The highest BCUT2D eigenvalue weighted by Gasteiger charge is 2.39. The minimum atomic E-state index is -0.649. The van der Waals surface area contributed by atoms with Crippen molar-refractivity contribution in [2.24, 2.45) is 0 Å². The summed E-state index contributed by atoms with van der Waals surface area (Å²) in [7, 11) is 1.49. The monoisotopic (exact) mass is 884 g/mol. The number of fused-ring (bicyclic) bond motifs is 2. The molecular formula is C46H48N2O12S2. The summed E-state index contributed by atoms with van der Waals surface area (Å²) in [5.74, 6) is 2.02. The van der Waals surface area contributed by atoms with Gasteiger partial charge in [0.2, 0.25) is 23.3 Å². The van der Waals surface area contributed by atoms with Gasteiger partial charge in [-0.15, -0.1) is 0 Å². The maximum atomic E-state index is 12.0. The van der Waals surface area contributed by atoms with Crippen LogP contribution in [0.25, 0.3) is 0 Å². The molecule has 16 heteroatoms. The van der Waals surface area contributed by atoms with Crippen molar-refractivity contribution in [1.82, 2.24) is 10.6 Å². The number of thioether (sulfide) groups is 2. The molecule has 4 aromatic carbocycles. The lowest BCUT2D eigenvalue weighted by molar-refractivity contribution is -0.119. The zero-order chi connectivity index (χ0) is 43.9. The Kier molecular flexibility index (Phi) is 12.2. The number of carbonyl (C=O) groups excluding carboxylic acids is 4. The number of phenols is 2. The summed E-state index contributed by atoms with van der Waals surface area (Å²) in [6.07, 6.45) is 3.44. The van der Waals surface area contributed by atoms with Crippen molar-refractivity contribution < 1.29 is 57.8 Å². The molecule has 4 aromatic rings. The van der Waals surface area contributed by atoms with E-state index in [2.05, 4.69) is 10.6 Å². The summed E-state index contributed by atoms with van der Waals surface area (Å²) in [6.45, 7) is 8.10. The Hall–Kier alpha value is -5.74. The van der Waals surface area contributed by atoms with Gasteiger partial charge in [0.05, 0.1) is 24.2 Å². The second kappa shape index (κ2) is 17.6. The van der Waals surface area contributed by atoms with Crippen LogP contribution in [-0.4, -0.2) is 75.0 Å². The quantitative estimate of drug-likeness (QED) is 0.0956. The molecule has 4 aliphatic heterocycles. The van der Waals surface area contributed by atoms with Gasteiger partial charge in [0.25, 0.3) is 10.5 Å². The van der Waals surface area contributed by atoms with E-state index in [1.807, 2.05) is 62.4 Å². The number of phenolic OH excluding ortho intramolecular Hbond substituents is 2. The number of hydrogen-bond donors (Lipinski definition) is 4. The highest BCUT2D eigenvalue weighted by molar-refractivity contribution is 8.15. The van der Waals surface area contributed by atoms with Crippen molar-refractivity contribution in [3.63, 3.8) is 0 Å². The normalized spacial score (nSPS) is 21.6. The molecule has 0 aromatic heterocycles. The third-order valence-electron chi connectivity index (χ3n) is 12.0. The SMILES string of the molecule is COc1c(Oc2c(O)c(C)c(C)c3c2CCC(COc2ccc(CC4SC(=O)NC4=O)cc2)O3)c(O)c(C)c2c1OC(C)(CCOc1ccc(CC3SC(=O)NC3=O)cc1)CC2. The van der Waals surface area contributed by atoms with Gasteiger partial charge in [-0.2, -0.15) is 0 Å². The van der Waals surface area contributed by atoms with Crippen LogP contribution < -0.4 is 39.1 Å². The summed E-state index contributed by atoms with van der Waals surface area (Å²) >= 11 is 2.01. The van der Waals surface area contributed by atoms with E-state index in [-0.39, 0.29) is 63.8 Å². The number of ether oxygens (including phenoxy) is 6.